The van der Waals surface area contributed by atoms with Crippen LogP contribution in [-0.4, -0.2) is 55.6 Å². The van der Waals surface area contributed by atoms with Gasteiger partial charge in [0.2, 0.25) is 0 Å². The van der Waals surface area contributed by atoms with Crippen LogP contribution in [0, 0.1) is 11.3 Å². The molecule has 1 saturated carbocycles. The number of nitrogens with zero attached hydrogens (tertiary/aromatic N) is 1. The SMILES string of the molecule is CCS(=O)(=O)C1CSCCN1CC1(CN)CCCC(C)C1. The molecule has 0 bridgehead atoms. The van der Waals surface area contributed by atoms with E-state index in [2.05, 4.69) is 11.8 Å². The smallest absolute Gasteiger partial charge is 0.166 e. The average molecular weight is 335 g/mol. The molecule has 4 nitrogen and oxygen atoms in total. The van der Waals surface area contributed by atoms with Crippen LogP contribution in [0.5, 0.6) is 0 Å². The number of sulfone groups is 1. The molecule has 6 heteroatoms. The number of nitrogens with two attached hydrogens (primary N) is 1. The fourth-order valence-corrected chi connectivity index (χ4v) is 6.99. The van der Waals surface area contributed by atoms with Crippen molar-refractivity contribution in [1.82, 2.24) is 4.90 Å². The Bertz CT molecular complexity index is 441. The first-order valence-electron chi connectivity index (χ1n) is 8.16. The molecule has 0 aromatic rings. The molecule has 2 fully saturated rings. The van der Waals surface area contributed by atoms with Crippen molar-refractivity contribution in [3.8, 4) is 0 Å². The predicted octanol–water partition coefficient (Wildman–Crippen LogP) is 1.95. The molecule has 0 amide bonds. The molecule has 2 rings (SSSR count). The van der Waals surface area contributed by atoms with Crippen molar-refractivity contribution in [3.63, 3.8) is 0 Å². The minimum absolute atomic E-state index is 0.126. The maximum Gasteiger partial charge on any atom is 0.166 e. The van der Waals surface area contributed by atoms with Crippen LogP contribution in [0.3, 0.4) is 0 Å². The summed E-state index contributed by atoms with van der Waals surface area (Å²) in [4.78, 5) is 2.22. The van der Waals surface area contributed by atoms with Gasteiger partial charge in [-0.25, -0.2) is 8.42 Å². The van der Waals surface area contributed by atoms with E-state index in [-0.39, 0.29) is 16.5 Å². The van der Waals surface area contributed by atoms with Gasteiger partial charge in [-0.2, -0.15) is 11.8 Å². The minimum Gasteiger partial charge on any atom is -0.330 e. The summed E-state index contributed by atoms with van der Waals surface area (Å²) in [6.07, 6.45) is 4.81. The van der Waals surface area contributed by atoms with Crippen molar-refractivity contribution < 1.29 is 8.42 Å². The highest BCUT2D eigenvalue weighted by atomic mass is 32.2. The normalized spacial score (nSPS) is 35.8. The van der Waals surface area contributed by atoms with Crippen molar-refractivity contribution in [2.75, 3.05) is 36.9 Å². The maximum atomic E-state index is 12.4. The summed E-state index contributed by atoms with van der Waals surface area (Å²) in [5.74, 6) is 2.70. The second-order valence-electron chi connectivity index (χ2n) is 6.86. The number of hydrogen-bond acceptors (Lipinski definition) is 5. The standard InChI is InChI=1S/C15H30N2O2S2/c1-3-21(18,19)14-10-20-8-7-17(14)12-15(11-16)6-4-5-13(2)9-15/h13-14H,3-12,16H2,1-2H3. The van der Waals surface area contributed by atoms with E-state index in [9.17, 15) is 8.42 Å². The van der Waals surface area contributed by atoms with E-state index in [0.717, 1.165) is 31.7 Å². The first kappa shape index (κ1) is 17.6. The van der Waals surface area contributed by atoms with Gasteiger partial charge in [-0.1, -0.05) is 26.7 Å². The van der Waals surface area contributed by atoms with Crippen LogP contribution >= 0.6 is 11.8 Å². The van der Waals surface area contributed by atoms with Gasteiger partial charge in [0.25, 0.3) is 0 Å². The highest BCUT2D eigenvalue weighted by Crippen LogP contribution is 2.40. The molecule has 0 aromatic carbocycles. The Hall–Kier alpha value is 0.220. The van der Waals surface area contributed by atoms with E-state index in [1.165, 1.54) is 12.8 Å². The summed E-state index contributed by atoms with van der Waals surface area (Å²) >= 11 is 1.77. The van der Waals surface area contributed by atoms with Gasteiger partial charge in [0, 0.05) is 30.3 Å². The third kappa shape index (κ3) is 4.15. The van der Waals surface area contributed by atoms with Gasteiger partial charge < -0.3 is 5.73 Å². The number of rotatable bonds is 5. The van der Waals surface area contributed by atoms with Gasteiger partial charge in [-0.3, -0.25) is 4.90 Å². The Morgan fingerprint density at radius 2 is 2.19 bits per heavy atom. The van der Waals surface area contributed by atoms with Gasteiger partial charge in [-0.05, 0) is 30.7 Å². The molecule has 1 aliphatic carbocycles. The van der Waals surface area contributed by atoms with Crippen LogP contribution in [0.1, 0.15) is 39.5 Å². The third-order valence-corrected chi connectivity index (χ3v) is 8.50. The van der Waals surface area contributed by atoms with E-state index >= 15 is 0 Å². The predicted molar refractivity (Wildman–Crippen MR) is 91.3 cm³/mol. The Labute approximate surface area is 134 Å². The van der Waals surface area contributed by atoms with E-state index in [0.29, 0.717) is 18.2 Å². The Kier molecular flexibility index (Phi) is 6.02. The van der Waals surface area contributed by atoms with E-state index in [1.54, 1.807) is 18.7 Å². The molecule has 3 unspecified atom stereocenters. The average Bonchev–Trinajstić information content (AvgIpc) is 2.47. The van der Waals surface area contributed by atoms with E-state index in [4.69, 9.17) is 5.73 Å². The Balaban J connectivity index is 2.14. The first-order chi connectivity index (χ1) is 9.92. The van der Waals surface area contributed by atoms with Gasteiger partial charge in [-0.15, -0.1) is 0 Å². The van der Waals surface area contributed by atoms with Gasteiger partial charge in [0.05, 0.1) is 0 Å². The highest BCUT2D eigenvalue weighted by molar-refractivity contribution is 8.01. The van der Waals surface area contributed by atoms with E-state index in [1.807, 2.05) is 0 Å². The lowest BCUT2D eigenvalue weighted by Gasteiger charge is -2.45. The Morgan fingerprint density at radius 1 is 1.43 bits per heavy atom. The topological polar surface area (TPSA) is 63.4 Å². The zero-order chi connectivity index (χ0) is 15.5. The molecular weight excluding hydrogens is 304 g/mol. The quantitative estimate of drug-likeness (QED) is 0.832. The molecular formula is C15H30N2O2S2. The summed E-state index contributed by atoms with van der Waals surface area (Å²) in [5.41, 5.74) is 6.25. The molecule has 1 saturated heterocycles. The highest BCUT2D eigenvalue weighted by Gasteiger charge is 2.40. The molecule has 0 spiro atoms. The van der Waals surface area contributed by atoms with Crippen molar-refractivity contribution in [2.45, 2.75) is 44.9 Å². The zero-order valence-corrected chi connectivity index (χ0v) is 15.0. The summed E-state index contributed by atoms with van der Waals surface area (Å²) in [5, 5.41) is -0.304. The van der Waals surface area contributed by atoms with Crippen LogP contribution in [-0.2, 0) is 9.84 Å². The fraction of sp³-hybridized carbons (Fsp3) is 1.00. The first-order valence-corrected chi connectivity index (χ1v) is 11.0. The van der Waals surface area contributed by atoms with Crippen LogP contribution < -0.4 is 5.73 Å². The molecule has 0 aromatic heterocycles. The molecule has 124 valence electrons. The lowest BCUT2D eigenvalue weighted by Crippen LogP contribution is -2.54. The summed E-state index contributed by atoms with van der Waals surface area (Å²) in [6.45, 7) is 6.48. The van der Waals surface area contributed by atoms with Crippen LogP contribution in [0.25, 0.3) is 0 Å². The molecule has 1 heterocycles. The molecule has 0 radical (unpaired) electrons. The Morgan fingerprint density at radius 3 is 2.81 bits per heavy atom. The van der Waals surface area contributed by atoms with Crippen LogP contribution in [0.15, 0.2) is 0 Å². The maximum absolute atomic E-state index is 12.4. The van der Waals surface area contributed by atoms with Crippen molar-refractivity contribution in [2.24, 2.45) is 17.1 Å². The molecule has 21 heavy (non-hydrogen) atoms. The van der Waals surface area contributed by atoms with E-state index < -0.39 is 9.84 Å². The van der Waals surface area contributed by atoms with Crippen LogP contribution in [0.4, 0.5) is 0 Å². The van der Waals surface area contributed by atoms with Crippen molar-refractivity contribution >= 4 is 21.6 Å². The minimum atomic E-state index is -3.01. The largest absolute Gasteiger partial charge is 0.330 e. The number of thioether (sulfide) groups is 1. The summed E-state index contributed by atoms with van der Waals surface area (Å²) in [6, 6.07) is 0. The zero-order valence-electron chi connectivity index (χ0n) is 13.4. The second-order valence-corrected chi connectivity index (χ2v) is 10.5. The lowest BCUT2D eigenvalue weighted by molar-refractivity contribution is 0.0862. The van der Waals surface area contributed by atoms with Gasteiger partial charge in [0.1, 0.15) is 5.37 Å². The summed E-state index contributed by atoms with van der Waals surface area (Å²) < 4.78 is 24.8. The number of hydrogen-bond donors (Lipinski definition) is 1. The molecule has 2 aliphatic rings. The van der Waals surface area contributed by atoms with Gasteiger partial charge >= 0.3 is 0 Å². The monoisotopic (exact) mass is 334 g/mol. The summed E-state index contributed by atoms with van der Waals surface area (Å²) in [7, 11) is -3.01. The lowest BCUT2D eigenvalue weighted by atomic mass is 9.69. The molecule has 3 atom stereocenters. The van der Waals surface area contributed by atoms with Crippen molar-refractivity contribution in [1.29, 1.82) is 0 Å². The van der Waals surface area contributed by atoms with Crippen LogP contribution in [0.2, 0.25) is 0 Å². The second kappa shape index (κ2) is 7.20. The molecule has 1 aliphatic heterocycles. The van der Waals surface area contributed by atoms with Gasteiger partial charge in [0.15, 0.2) is 9.84 Å². The van der Waals surface area contributed by atoms with Crippen molar-refractivity contribution in [3.05, 3.63) is 0 Å². The fourth-order valence-electron chi connectivity index (χ4n) is 3.91. The third-order valence-electron chi connectivity index (χ3n) is 5.16. The molecule has 2 N–H and O–H groups in total.